The Bertz CT molecular complexity index is 1150. The smallest absolute Gasteiger partial charge is 0.0306 e. The summed E-state index contributed by atoms with van der Waals surface area (Å²) in [5, 5.41) is 2.40. The van der Waals surface area contributed by atoms with Crippen molar-refractivity contribution >= 4 is 24.1 Å². The average molecular weight is 384 g/mol. The van der Waals surface area contributed by atoms with Gasteiger partial charge in [-0.05, 0) is 83.1 Å². The van der Waals surface area contributed by atoms with Crippen molar-refractivity contribution in [3.8, 4) is 0 Å². The Hall–Kier alpha value is -2.55. The molecule has 0 unspecified atom stereocenters. The number of benzene rings is 3. The second kappa shape index (κ2) is 8.22. The molecular weight excluding hydrogens is 358 g/mol. The van der Waals surface area contributed by atoms with Crippen molar-refractivity contribution in [3.63, 3.8) is 0 Å². The summed E-state index contributed by atoms with van der Waals surface area (Å²) in [5.41, 5.74) is 8.03. The standard InChI is InChI=1S/C23H21NS.C3H4/c1-15-8-10-19-17(12-15)14-18-13-16(2)9-11-20(18)23(19)21-6-4-5-7-22(21)25-24-3;1-2-3-1/h4-13,24H,1,14H2,2-3H3;1-2H,3H2. The van der Waals surface area contributed by atoms with Crippen LogP contribution >= 0.6 is 11.9 Å². The molecule has 0 spiro atoms. The number of aryl methyl sites for hydroxylation is 1. The Morgan fingerprint density at radius 3 is 2.43 bits per heavy atom. The zero-order valence-corrected chi connectivity index (χ0v) is 17.3. The zero-order chi connectivity index (χ0) is 19.5. The normalized spacial score (nSPS) is 13.3. The molecule has 2 aliphatic rings. The molecule has 3 aromatic carbocycles. The van der Waals surface area contributed by atoms with Gasteiger partial charge >= 0.3 is 0 Å². The average Bonchev–Trinajstić information content (AvgIpc) is 3.56. The Balaban J connectivity index is 0.000000586. The molecule has 2 aliphatic carbocycles. The molecule has 1 nitrogen and oxygen atoms in total. The maximum Gasteiger partial charge on any atom is 0.0306 e. The molecule has 0 radical (unpaired) electrons. The zero-order valence-electron chi connectivity index (χ0n) is 16.5. The van der Waals surface area contributed by atoms with Crippen LogP contribution in [0, 0.1) is 6.92 Å². The molecule has 0 atom stereocenters. The van der Waals surface area contributed by atoms with Gasteiger partial charge in [0.25, 0.3) is 0 Å². The minimum atomic E-state index is 0.973. The summed E-state index contributed by atoms with van der Waals surface area (Å²) in [6, 6.07) is 22.0. The molecule has 3 aromatic rings. The molecule has 0 saturated heterocycles. The topological polar surface area (TPSA) is 12.0 Å². The highest BCUT2D eigenvalue weighted by atomic mass is 32.2. The second-order valence-corrected chi connectivity index (χ2v) is 8.27. The number of nitrogens with one attached hydrogen (secondary N) is 1. The highest BCUT2D eigenvalue weighted by molar-refractivity contribution is 7.97. The number of allylic oxidation sites excluding steroid dienone is 2. The van der Waals surface area contributed by atoms with Crippen molar-refractivity contribution in [1.29, 1.82) is 0 Å². The fourth-order valence-corrected chi connectivity index (χ4v) is 4.31. The summed E-state index contributed by atoms with van der Waals surface area (Å²) in [6.07, 6.45) is 6.47. The molecule has 0 fully saturated rings. The van der Waals surface area contributed by atoms with Crippen LogP contribution in [0.4, 0.5) is 0 Å². The number of hydrogen-bond donors (Lipinski definition) is 1. The molecule has 0 bridgehead atoms. The summed E-state index contributed by atoms with van der Waals surface area (Å²) < 4.78 is 3.22. The first-order valence-electron chi connectivity index (χ1n) is 9.67. The number of rotatable bonds is 3. The molecule has 0 aromatic heterocycles. The first-order valence-corrected chi connectivity index (χ1v) is 10.5. The van der Waals surface area contributed by atoms with Gasteiger partial charge in [0.15, 0.2) is 0 Å². The Kier molecular flexibility index (Phi) is 5.52. The minimum Gasteiger partial charge on any atom is -0.263 e. The monoisotopic (exact) mass is 383 g/mol. The van der Waals surface area contributed by atoms with E-state index in [1.165, 1.54) is 49.9 Å². The third-order valence-electron chi connectivity index (χ3n) is 4.95. The van der Waals surface area contributed by atoms with E-state index in [0.29, 0.717) is 0 Å². The van der Waals surface area contributed by atoms with Gasteiger partial charge in [0.1, 0.15) is 0 Å². The molecule has 0 amide bonds. The van der Waals surface area contributed by atoms with Crippen LogP contribution in [0.1, 0.15) is 34.2 Å². The van der Waals surface area contributed by atoms with Crippen molar-refractivity contribution in [2.75, 3.05) is 7.05 Å². The van der Waals surface area contributed by atoms with Crippen LogP contribution < -0.4 is 15.2 Å². The van der Waals surface area contributed by atoms with E-state index in [9.17, 15) is 0 Å². The van der Waals surface area contributed by atoms with Gasteiger partial charge in [-0.15, -0.1) is 0 Å². The van der Waals surface area contributed by atoms with Crippen LogP contribution in [0.3, 0.4) is 0 Å². The van der Waals surface area contributed by atoms with Gasteiger partial charge in [-0.3, -0.25) is 4.72 Å². The van der Waals surface area contributed by atoms with Crippen LogP contribution in [0.15, 0.2) is 77.7 Å². The highest BCUT2D eigenvalue weighted by Crippen LogP contribution is 2.34. The lowest BCUT2D eigenvalue weighted by Gasteiger charge is -2.22. The Labute approximate surface area is 171 Å². The van der Waals surface area contributed by atoms with Gasteiger partial charge in [0.05, 0.1) is 0 Å². The van der Waals surface area contributed by atoms with Crippen molar-refractivity contribution < 1.29 is 0 Å². The van der Waals surface area contributed by atoms with Gasteiger partial charge in [-0.1, -0.05) is 78.9 Å². The molecule has 28 heavy (non-hydrogen) atoms. The van der Waals surface area contributed by atoms with E-state index in [2.05, 4.69) is 91.0 Å². The van der Waals surface area contributed by atoms with Crippen molar-refractivity contribution in [1.82, 2.24) is 4.72 Å². The third-order valence-corrected chi connectivity index (χ3v) is 5.73. The van der Waals surface area contributed by atoms with Gasteiger partial charge < -0.3 is 0 Å². The summed E-state index contributed by atoms with van der Waals surface area (Å²) in [7, 11) is 1.97. The van der Waals surface area contributed by atoms with Crippen LogP contribution in [-0.4, -0.2) is 7.05 Å². The lowest BCUT2D eigenvalue weighted by Crippen LogP contribution is -2.23. The molecule has 0 saturated carbocycles. The van der Waals surface area contributed by atoms with Crippen LogP contribution in [0.25, 0.3) is 12.2 Å². The molecule has 140 valence electrons. The third kappa shape index (κ3) is 3.99. The van der Waals surface area contributed by atoms with E-state index >= 15 is 0 Å². The fourth-order valence-electron chi connectivity index (χ4n) is 3.66. The second-order valence-electron chi connectivity index (χ2n) is 7.21. The van der Waals surface area contributed by atoms with E-state index < -0.39 is 0 Å². The van der Waals surface area contributed by atoms with Gasteiger partial charge in [0.2, 0.25) is 0 Å². The lowest BCUT2D eigenvalue weighted by molar-refractivity contribution is 1.11. The van der Waals surface area contributed by atoms with E-state index in [1.807, 2.05) is 7.05 Å². The van der Waals surface area contributed by atoms with E-state index in [4.69, 9.17) is 0 Å². The Morgan fingerprint density at radius 1 is 0.893 bits per heavy atom. The minimum absolute atomic E-state index is 0.973. The molecular formula is C26H25NS. The number of fused-ring (bicyclic) bond motifs is 2. The maximum absolute atomic E-state index is 4.12. The summed E-state index contributed by atoms with van der Waals surface area (Å²) in [4.78, 5) is 1.25. The lowest BCUT2D eigenvalue weighted by atomic mass is 9.83. The number of hydrogen-bond acceptors (Lipinski definition) is 2. The summed E-state index contributed by atoms with van der Waals surface area (Å²) >= 11 is 1.67. The van der Waals surface area contributed by atoms with Gasteiger partial charge in [-0.2, -0.15) is 0 Å². The summed E-state index contributed by atoms with van der Waals surface area (Å²) in [6.45, 7) is 6.29. The van der Waals surface area contributed by atoms with Crippen molar-refractivity contribution in [3.05, 3.63) is 111 Å². The SMILES string of the molecule is C1=CC1.C=c1ccc2c(c1)Cc1cc(C)ccc1C=2c1ccccc1SNC. The highest BCUT2D eigenvalue weighted by Gasteiger charge is 2.20. The van der Waals surface area contributed by atoms with Crippen LogP contribution in [-0.2, 0) is 6.42 Å². The first-order chi connectivity index (χ1) is 13.7. The van der Waals surface area contributed by atoms with Crippen LogP contribution in [0.5, 0.6) is 0 Å². The largest absolute Gasteiger partial charge is 0.263 e. The van der Waals surface area contributed by atoms with Crippen molar-refractivity contribution in [2.45, 2.75) is 24.7 Å². The molecule has 1 N–H and O–H groups in total. The van der Waals surface area contributed by atoms with Crippen LogP contribution in [0.2, 0.25) is 0 Å². The first kappa shape index (κ1) is 18.8. The van der Waals surface area contributed by atoms with E-state index in [0.717, 1.165) is 11.6 Å². The molecule has 2 heteroatoms. The maximum atomic E-state index is 4.12. The summed E-state index contributed by atoms with van der Waals surface area (Å²) in [5.74, 6) is 0. The fraction of sp³-hybridized carbons (Fsp3) is 0.154. The van der Waals surface area contributed by atoms with E-state index in [-0.39, 0.29) is 0 Å². The van der Waals surface area contributed by atoms with Gasteiger partial charge in [-0.25, -0.2) is 0 Å². The molecule has 0 aliphatic heterocycles. The quantitative estimate of drug-likeness (QED) is 0.405. The van der Waals surface area contributed by atoms with E-state index in [1.54, 1.807) is 11.9 Å². The van der Waals surface area contributed by atoms with Crippen molar-refractivity contribution in [2.24, 2.45) is 0 Å². The Morgan fingerprint density at radius 2 is 1.68 bits per heavy atom. The van der Waals surface area contributed by atoms with Gasteiger partial charge in [0, 0.05) is 4.90 Å². The predicted molar refractivity (Wildman–Crippen MR) is 122 cm³/mol. The molecule has 0 heterocycles. The predicted octanol–water partition coefficient (Wildman–Crippen LogP) is 4.73. The molecule has 5 rings (SSSR count).